The van der Waals surface area contributed by atoms with Crippen molar-refractivity contribution in [2.24, 2.45) is 0 Å². The normalized spacial score (nSPS) is 10.8. The molecule has 6 nitrogen and oxygen atoms in total. The molecule has 7 heteroatoms. The highest BCUT2D eigenvalue weighted by Gasteiger charge is 2.10. The number of ether oxygens (including phenoxy) is 1. The fourth-order valence-electron chi connectivity index (χ4n) is 2.60. The first-order valence-electron chi connectivity index (χ1n) is 7.80. The fraction of sp³-hybridized carbons (Fsp3) is 0.222. The number of hydrogen-bond donors (Lipinski definition) is 3. The third-order valence-electron chi connectivity index (χ3n) is 3.88. The van der Waals surface area contributed by atoms with Gasteiger partial charge in [-0.05, 0) is 35.7 Å². The van der Waals surface area contributed by atoms with E-state index in [0.717, 1.165) is 32.9 Å². The van der Waals surface area contributed by atoms with Gasteiger partial charge in [-0.3, -0.25) is 9.59 Å². The van der Waals surface area contributed by atoms with Gasteiger partial charge in [-0.15, -0.1) is 0 Å². The Morgan fingerprint density at radius 2 is 2.00 bits per heavy atom. The molecule has 0 aliphatic carbocycles. The maximum absolute atomic E-state index is 12.0. The van der Waals surface area contributed by atoms with Crippen LogP contribution >= 0.6 is 11.3 Å². The molecule has 0 saturated heterocycles. The molecule has 1 amide bonds. The zero-order valence-electron chi connectivity index (χ0n) is 13.7. The van der Waals surface area contributed by atoms with Crippen molar-refractivity contribution in [1.82, 2.24) is 10.3 Å². The van der Waals surface area contributed by atoms with Crippen molar-refractivity contribution in [1.29, 1.82) is 0 Å². The van der Waals surface area contributed by atoms with Gasteiger partial charge in [0.15, 0.2) is 0 Å². The first-order valence-corrected chi connectivity index (χ1v) is 8.62. The van der Waals surface area contributed by atoms with Crippen LogP contribution < -0.4 is 14.9 Å². The predicted octanol–water partition coefficient (Wildman–Crippen LogP) is 2.21. The number of carbonyl (C=O) groups excluding carboxylic acids is 1. The second-order valence-corrected chi connectivity index (χ2v) is 6.57. The Balaban J connectivity index is 1.58. The van der Waals surface area contributed by atoms with Gasteiger partial charge in [0.2, 0.25) is 5.91 Å². The van der Waals surface area contributed by atoms with Crippen molar-refractivity contribution in [3.63, 3.8) is 0 Å². The Hall–Kier alpha value is -2.80. The van der Waals surface area contributed by atoms with Crippen LogP contribution in [0.4, 0.5) is 0 Å². The van der Waals surface area contributed by atoms with Crippen LogP contribution in [0.25, 0.3) is 10.2 Å². The summed E-state index contributed by atoms with van der Waals surface area (Å²) >= 11 is 1.06. The van der Waals surface area contributed by atoms with Gasteiger partial charge in [0.25, 0.3) is 0 Å². The number of aromatic amines is 1. The van der Waals surface area contributed by atoms with Crippen LogP contribution in [0, 0.1) is 0 Å². The van der Waals surface area contributed by atoms with Crippen LogP contribution in [-0.4, -0.2) is 29.7 Å². The van der Waals surface area contributed by atoms with Gasteiger partial charge in [0.1, 0.15) is 17.0 Å². The molecule has 0 fully saturated rings. The molecule has 0 unspecified atom stereocenters. The number of rotatable bonds is 6. The molecule has 3 N–H and O–H groups in total. The van der Waals surface area contributed by atoms with Crippen molar-refractivity contribution >= 4 is 27.5 Å². The number of thiazole rings is 1. The lowest BCUT2D eigenvalue weighted by Crippen LogP contribution is -2.27. The maximum Gasteiger partial charge on any atom is 0.305 e. The molecule has 0 saturated carbocycles. The van der Waals surface area contributed by atoms with Gasteiger partial charge in [0.05, 0.1) is 18.2 Å². The van der Waals surface area contributed by atoms with E-state index in [4.69, 9.17) is 4.74 Å². The molecule has 130 valence electrons. The van der Waals surface area contributed by atoms with Crippen LogP contribution in [0.5, 0.6) is 11.5 Å². The fourth-order valence-corrected chi connectivity index (χ4v) is 3.50. The summed E-state index contributed by atoms with van der Waals surface area (Å²) in [5, 5.41) is 12.7. The van der Waals surface area contributed by atoms with Crippen LogP contribution in [0.1, 0.15) is 11.1 Å². The average molecular weight is 358 g/mol. The molecule has 2 aromatic carbocycles. The number of methoxy groups -OCH3 is 1. The molecule has 1 heterocycles. The molecular formula is C18H18N2O4S. The van der Waals surface area contributed by atoms with Gasteiger partial charge in [-0.1, -0.05) is 29.5 Å². The monoisotopic (exact) mass is 358 g/mol. The Morgan fingerprint density at radius 3 is 2.72 bits per heavy atom. The molecule has 25 heavy (non-hydrogen) atoms. The highest BCUT2D eigenvalue weighted by atomic mass is 32.1. The smallest absolute Gasteiger partial charge is 0.305 e. The molecule has 0 spiro atoms. The van der Waals surface area contributed by atoms with E-state index in [2.05, 4.69) is 10.3 Å². The van der Waals surface area contributed by atoms with E-state index in [1.165, 1.54) is 0 Å². The minimum atomic E-state index is -0.207. The second-order valence-electron chi connectivity index (χ2n) is 5.59. The lowest BCUT2D eigenvalue weighted by Gasteiger charge is -2.07. The number of carbonyl (C=O) groups is 1. The number of hydrogen-bond acceptors (Lipinski definition) is 5. The molecule has 0 aliphatic rings. The molecule has 3 aromatic rings. The zero-order chi connectivity index (χ0) is 17.8. The number of phenolic OH excluding ortho intramolecular Hbond substituents is 1. The van der Waals surface area contributed by atoms with Crippen molar-refractivity contribution < 1.29 is 14.6 Å². The highest BCUT2D eigenvalue weighted by molar-refractivity contribution is 7.16. The summed E-state index contributed by atoms with van der Waals surface area (Å²) in [4.78, 5) is 26.0. The summed E-state index contributed by atoms with van der Waals surface area (Å²) in [7, 11) is 1.60. The third-order valence-corrected chi connectivity index (χ3v) is 4.84. The van der Waals surface area contributed by atoms with Crippen molar-refractivity contribution in [3.8, 4) is 11.5 Å². The Bertz CT molecular complexity index is 944. The predicted molar refractivity (Wildman–Crippen MR) is 97.5 cm³/mol. The van der Waals surface area contributed by atoms with E-state index < -0.39 is 0 Å². The lowest BCUT2D eigenvalue weighted by molar-refractivity contribution is -0.120. The largest absolute Gasteiger partial charge is 0.506 e. The standard InChI is InChI=1S/C18H18N2O4S/c1-24-13-5-2-11(3-6-13)10-15(22)19-9-8-12-4-7-14(21)16-17(12)25-18(23)20-16/h2-7,21H,8-10H2,1H3,(H,19,22)(H,20,23). The van der Waals surface area contributed by atoms with Crippen molar-refractivity contribution in [2.45, 2.75) is 12.8 Å². The summed E-state index contributed by atoms with van der Waals surface area (Å²) in [5.74, 6) is 0.745. The summed E-state index contributed by atoms with van der Waals surface area (Å²) in [6.07, 6.45) is 0.880. The van der Waals surface area contributed by atoms with Crippen LogP contribution in [0.3, 0.4) is 0 Å². The SMILES string of the molecule is COc1ccc(CC(=O)NCCc2ccc(O)c3[nH]c(=O)sc23)cc1. The van der Waals surface area contributed by atoms with Crippen LogP contribution in [0.2, 0.25) is 0 Å². The van der Waals surface area contributed by atoms with E-state index >= 15 is 0 Å². The summed E-state index contributed by atoms with van der Waals surface area (Å²) < 4.78 is 5.82. The minimum absolute atomic E-state index is 0.0561. The van der Waals surface area contributed by atoms with Gasteiger partial charge in [0, 0.05) is 6.54 Å². The Kier molecular flexibility index (Phi) is 5.04. The molecule has 3 rings (SSSR count). The quantitative estimate of drug-likeness (QED) is 0.630. The zero-order valence-corrected chi connectivity index (χ0v) is 14.5. The molecule has 1 aromatic heterocycles. The molecule has 0 aliphatic heterocycles. The topological polar surface area (TPSA) is 91.4 Å². The van der Waals surface area contributed by atoms with Gasteiger partial charge >= 0.3 is 4.87 Å². The van der Waals surface area contributed by atoms with E-state index in [9.17, 15) is 14.7 Å². The van der Waals surface area contributed by atoms with Crippen molar-refractivity contribution in [3.05, 3.63) is 57.2 Å². The van der Waals surface area contributed by atoms with Crippen LogP contribution in [0.15, 0.2) is 41.2 Å². The molecule has 0 atom stereocenters. The second kappa shape index (κ2) is 7.40. The average Bonchev–Trinajstić information content (AvgIpc) is 3.00. The van der Waals surface area contributed by atoms with Gasteiger partial charge < -0.3 is 20.1 Å². The third kappa shape index (κ3) is 4.00. The first kappa shape index (κ1) is 17.0. The number of fused-ring (bicyclic) bond motifs is 1. The highest BCUT2D eigenvalue weighted by Crippen LogP contribution is 2.27. The first-order chi connectivity index (χ1) is 12.1. The Labute approximate surface area is 148 Å². The van der Waals surface area contributed by atoms with Gasteiger partial charge in [-0.2, -0.15) is 0 Å². The number of aromatic nitrogens is 1. The maximum atomic E-state index is 12.0. The Morgan fingerprint density at radius 1 is 1.24 bits per heavy atom. The van der Waals surface area contributed by atoms with E-state index in [1.807, 2.05) is 24.3 Å². The number of H-pyrrole nitrogens is 1. The van der Waals surface area contributed by atoms with Crippen molar-refractivity contribution in [2.75, 3.05) is 13.7 Å². The van der Waals surface area contributed by atoms with Gasteiger partial charge in [-0.25, -0.2) is 0 Å². The number of amides is 1. The molecule has 0 radical (unpaired) electrons. The lowest BCUT2D eigenvalue weighted by atomic mass is 10.1. The number of benzene rings is 2. The van der Waals surface area contributed by atoms with E-state index in [1.54, 1.807) is 19.2 Å². The van der Waals surface area contributed by atoms with Crippen LogP contribution in [-0.2, 0) is 17.6 Å². The molecular weight excluding hydrogens is 340 g/mol. The minimum Gasteiger partial charge on any atom is -0.506 e. The number of aromatic hydroxyl groups is 1. The number of phenols is 1. The number of nitrogens with one attached hydrogen (secondary N) is 2. The summed E-state index contributed by atoms with van der Waals surface area (Å²) in [5.41, 5.74) is 2.28. The van der Waals surface area contributed by atoms with E-state index in [-0.39, 0.29) is 16.5 Å². The molecule has 0 bridgehead atoms. The summed E-state index contributed by atoms with van der Waals surface area (Å²) in [6, 6.07) is 10.7. The van der Waals surface area contributed by atoms with E-state index in [0.29, 0.717) is 24.9 Å². The summed E-state index contributed by atoms with van der Waals surface area (Å²) in [6.45, 7) is 0.459.